The minimum Gasteiger partial charge on any atom is -0.378 e. The summed E-state index contributed by atoms with van der Waals surface area (Å²) in [6.07, 6.45) is 6.67. The highest BCUT2D eigenvalue weighted by molar-refractivity contribution is 7.90. The third-order valence-electron chi connectivity index (χ3n) is 6.10. The van der Waals surface area contributed by atoms with E-state index in [-0.39, 0.29) is 6.04 Å². The molecule has 3 aromatic heterocycles. The lowest BCUT2D eigenvalue weighted by molar-refractivity contribution is 0.122. The van der Waals surface area contributed by atoms with Crippen LogP contribution in [0.4, 0.5) is 11.6 Å². The Morgan fingerprint density at radius 1 is 1.18 bits per heavy atom. The fourth-order valence-electron chi connectivity index (χ4n) is 4.41. The Morgan fingerprint density at radius 2 is 1.97 bits per heavy atom. The Morgan fingerprint density at radius 3 is 2.73 bits per heavy atom. The number of hydrogen-bond acceptors (Lipinski definition) is 8. The molecular formula is C23H26N6O3S. The molecule has 1 N–H and O–H groups in total. The Bertz CT molecular complexity index is 1440. The third-order valence-corrected chi connectivity index (χ3v) is 7.34. The van der Waals surface area contributed by atoms with Crippen LogP contribution in [0.3, 0.4) is 0 Å². The van der Waals surface area contributed by atoms with Crippen LogP contribution in [0, 0.1) is 6.92 Å². The number of nitrogens with zero attached hydrogens (tertiary/aromatic N) is 5. The van der Waals surface area contributed by atoms with Crippen LogP contribution in [0.15, 0.2) is 47.8 Å². The van der Waals surface area contributed by atoms with Gasteiger partial charge in [-0.2, -0.15) is 4.98 Å². The summed E-state index contributed by atoms with van der Waals surface area (Å²) in [5.74, 6) is 2.12. The summed E-state index contributed by atoms with van der Waals surface area (Å²) in [5.41, 5.74) is 2.53. The van der Waals surface area contributed by atoms with Gasteiger partial charge in [0.2, 0.25) is 5.78 Å². The molecule has 4 heterocycles. The molecule has 0 spiro atoms. The second-order valence-electron chi connectivity index (χ2n) is 8.33. The van der Waals surface area contributed by atoms with E-state index in [1.54, 1.807) is 18.3 Å². The number of ether oxygens (including phenoxy) is 1. The number of nitrogens with one attached hydrogen (secondary N) is 1. The van der Waals surface area contributed by atoms with Crippen molar-refractivity contribution in [2.75, 3.05) is 42.8 Å². The lowest BCUT2D eigenvalue weighted by atomic mass is 10.0. The third kappa shape index (κ3) is 4.00. The van der Waals surface area contributed by atoms with E-state index in [0.717, 1.165) is 40.9 Å². The summed E-state index contributed by atoms with van der Waals surface area (Å²) in [6.45, 7) is 6.77. The van der Waals surface area contributed by atoms with Gasteiger partial charge in [0.1, 0.15) is 11.6 Å². The Hall–Kier alpha value is -3.24. The quantitative estimate of drug-likeness (QED) is 0.479. The predicted octanol–water partition coefficient (Wildman–Crippen LogP) is 3.00. The van der Waals surface area contributed by atoms with E-state index in [1.165, 1.54) is 6.26 Å². The van der Waals surface area contributed by atoms with Crippen LogP contribution in [0.1, 0.15) is 24.1 Å². The van der Waals surface area contributed by atoms with Crippen molar-refractivity contribution in [2.45, 2.75) is 24.8 Å². The number of sulfone groups is 1. The van der Waals surface area contributed by atoms with E-state index in [9.17, 15) is 8.42 Å². The number of pyridine rings is 1. The molecule has 172 valence electrons. The van der Waals surface area contributed by atoms with Crippen molar-refractivity contribution in [3.63, 3.8) is 0 Å². The molecule has 10 heteroatoms. The Balaban J connectivity index is 1.59. The highest BCUT2D eigenvalue weighted by Crippen LogP contribution is 2.31. The fourth-order valence-corrected chi connectivity index (χ4v) is 5.41. The molecule has 1 aromatic carbocycles. The molecule has 1 saturated heterocycles. The van der Waals surface area contributed by atoms with Gasteiger partial charge in [-0.3, -0.25) is 4.40 Å². The summed E-state index contributed by atoms with van der Waals surface area (Å²) in [7, 11) is -3.32. The topological polar surface area (TPSA) is 102 Å². The average molecular weight is 467 g/mol. The zero-order valence-corrected chi connectivity index (χ0v) is 19.6. The number of benzene rings is 1. The van der Waals surface area contributed by atoms with Gasteiger partial charge >= 0.3 is 0 Å². The molecule has 9 nitrogen and oxygen atoms in total. The standard InChI is InChI=1S/C23H26N6O3S/c1-15-17(5-4-6-20(15)33(3,30)31)16(2)26-22-18-13-21(28-9-11-32-12-10-28)25-14-19(18)29-8-7-24-23(29)27-22/h4-8,13-14,16H,9-12H2,1-3H3,(H,24,26,27)/t16-/m1/s1. The smallest absolute Gasteiger partial charge is 0.236 e. The number of aromatic nitrogens is 4. The highest BCUT2D eigenvalue weighted by atomic mass is 32.2. The first-order chi connectivity index (χ1) is 15.8. The predicted molar refractivity (Wildman–Crippen MR) is 128 cm³/mol. The van der Waals surface area contributed by atoms with Gasteiger partial charge in [0.05, 0.1) is 35.9 Å². The van der Waals surface area contributed by atoms with Crippen LogP contribution in [-0.2, 0) is 14.6 Å². The average Bonchev–Trinajstić information content (AvgIpc) is 3.27. The second kappa shape index (κ2) is 8.27. The van der Waals surface area contributed by atoms with Gasteiger partial charge in [-0.15, -0.1) is 0 Å². The zero-order chi connectivity index (χ0) is 23.2. The first-order valence-corrected chi connectivity index (χ1v) is 12.7. The first kappa shape index (κ1) is 21.6. The number of imidazole rings is 1. The maximum absolute atomic E-state index is 12.2. The van der Waals surface area contributed by atoms with Crippen molar-refractivity contribution in [3.05, 3.63) is 54.0 Å². The molecule has 33 heavy (non-hydrogen) atoms. The van der Waals surface area contributed by atoms with Gasteiger partial charge in [0, 0.05) is 37.1 Å². The fraction of sp³-hybridized carbons (Fsp3) is 0.348. The minimum absolute atomic E-state index is 0.181. The van der Waals surface area contributed by atoms with Crippen LogP contribution in [-0.4, -0.2) is 60.3 Å². The Labute approximate surface area is 192 Å². The number of hydrogen-bond donors (Lipinski definition) is 1. The lowest BCUT2D eigenvalue weighted by Gasteiger charge is -2.28. The summed E-state index contributed by atoms with van der Waals surface area (Å²) in [6, 6.07) is 7.23. The SMILES string of the molecule is Cc1c([C@@H](C)Nc2nc3nccn3c3cnc(N4CCOCC4)cc23)cccc1S(C)(=O)=O. The van der Waals surface area contributed by atoms with Crippen LogP contribution < -0.4 is 10.2 Å². The van der Waals surface area contributed by atoms with Crippen molar-refractivity contribution in [1.82, 2.24) is 19.4 Å². The number of morpholine rings is 1. The van der Waals surface area contributed by atoms with E-state index in [2.05, 4.69) is 15.2 Å². The van der Waals surface area contributed by atoms with Crippen LogP contribution in [0.2, 0.25) is 0 Å². The second-order valence-corrected chi connectivity index (χ2v) is 10.3. The normalized spacial score (nSPS) is 15.8. The van der Waals surface area contributed by atoms with Crippen LogP contribution >= 0.6 is 0 Å². The molecule has 1 atom stereocenters. The number of rotatable bonds is 5. The van der Waals surface area contributed by atoms with Gasteiger partial charge < -0.3 is 15.0 Å². The molecule has 0 radical (unpaired) electrons. The molecule has 1 aliphatic rings. The van der Waals surface area contributed by atoms with Gasteiger partial charge in [0.15, 0.2) is 9.84 Å². The molecule has 0 unspecified atom stereocenters. The summed E-state index contributed by atoms with van der Waals surface area (Å²) in [5, 5.41) is 4.42. The largest absolute Gasteiger partial charge is 0.378 e. The lowest BCUT2D eigenvalue weighted by Crippen LogP contribution is -2.36. The maximum Gasteiger partial charge on any atom is 0.236 e. The molecule has 1 fully saturated rings. The summed E-state index contributed by atoms with van der Waals surface area (Å²) < 4.78 is 31.8. The zero-order valence-electron chi connectivity index (χ0n) is 18.8. The van der Waals surface area contributed by atoms with E-state index in [4.69, 9.17) is 14.7 Å². The molecule has 4 aromatic rings. The van der Waals surface area contributed by atoms with Gasteiger partial charge in [-0.25, -0.2) is 18.4 Å². The Kier molecular flexibility index (Phi) is 5.41. The molecule has 1 aliphatic heterocycles. The van der Waals surface area contributed by atoms with Crippen molar-refractivity contribution in [1.29, 1.82) is 0 Å². The highest BCUT2D eigenvalue weighted by Gasteiger charge is 2.20. The minimum atomic E-state index is -3.32. The van der Waals surface area contributed by atoms with Crippen molar-refractivity contribution in [2.24, 2.45) is 0 Å². The van der Waals surface area contributed by atoms with Gasteiger partial charge in [0.25, 0.3) is 0 Å². The van der Waals surface area contributed by atoms with E-state index < -0.39 is 9.84 Å². The van der Waals surface area contributed by atoms with Crippen LogP contribution in [0.25, 0.3) is 16.7 Å². The molecule has 0 saturated carbocycles. The van der Waals surface area contributed by atoms with Crippen molar-refractivity contribution >= 4 is 38.2 Å². The summed E-state index contributed by atoms with van der Waals surface area (Å²) in [4.78, 5) is 16.4. The number of anilines is 2. The van der Waals surface area contributed by atoms with Crippen LogP contribution in [0.5, 0.6) is 0 Å². The number of fused-ring (bicyclic) bond motifs is 3. The van der Waals surface area contributed by atoms with E-state index in [0.29, 0.717) is 29.7 Å². The van der Waals surface area contributed by atoms with Gasteiger partial charge in [-0.05, 0) is 37.1 Å². The summed E-state index contributed by atoms with van der Waals surface area (Å²) >= 11 is 0. The van der Waals surface area contributed by atoms with Crippen molar-refractivity contribution in [3.8, 4) is 0 Å². The monoisotopic (exact) mass is 466 g/mol. The molecule has 0 aliphatic carbocycles. The molecule has 0 bridgehead atoms. The molecular weight excluding hydrogens is 440 g/mol. The molecule has 0 amide bonds. The van der Waals surface area contributed by atoms with E-state index in [1.807, 2.05) is 42.8 Å². The molecule has 5 rings (SSSR count). The van der Waals surface area contributed by atoms with Crippen molar-refractivity contribution < 1.29 is 13.2 Å². The van der Waals surface area contributed by atoms with Gasteiger partial charge in [-0.1, -0.05) is 12.1 Å². The van der Waals surface area contributed by atoms with E-state index >= 15 is 0 Å². The maximum atomic E-state index is 12.2. The first-order valence-electron chi connectivity index (χ1n) is 10.8.